The molecule has 34 heavy (non-hydrogen) atoms. The standard InChI is InChI=1S/C20H18F3N9OS/c21-20(22,23)16-3-6-24-19(28-16)31-7-4-13(5-8-31)18-27-14(11-34-18)10-33-15-1-2-17(25-9-15)32-12-26-29-30-32/h1-3,6,9,11-13H,4-5,7-8,10H2. The van der Waals surface area contributed by atoms with E-state index in [1.54, 1.807) is 34.6 Å². The van der Waals surface area contributed by atoms with E-state index in [1.807, 2.05) is 5.38 Å². The number of pyridine rings is 1. The van der Waals surface area contributed by atoms with Crippen LogP contribution in [0.5, 0.6) is 5.75 Å². The maximum atomic E-state index is 12.9. The van der Waals surface area contributed by atoms with Gasteiger partial charge >= 0.3 is 6.18 Å². The van der Waals surface area contributed by atoms with Crippen molar-refractivity contribution in [2.75, 3.05) is 18.0 Å². The first-order chi connectivity index (χ1) is 16.5. The van der Waals surface area contributed by atoms with Gasteiger partial charge < -0.3 is 9.64 Å². The number of ether oxygens (including phenoxy) is 1. The summed E-state index contributed by atoms with van der Waals surface area (Å²) in [4.78, 5) is 18.5. The molecule has 14 heteroatoms. The Balaban J connectivity index is 1.15. The van der Waals surface area contributed by atoms with Crippen LogP contribution in [0.2, 0.25) is 0 Å². The highest BCUT2D eigenvalue weighted by Gasteiger charge is 2.33. The predicted octanol–water partition coefficient (Wildman–Crippen LogP) is 3.29. The fraction of sp³-hybridized carbons (Fsp3) is 0.350. The first-order valence-electron chi connectivity index (χ1n) is 10.4. The van der Waals surface area contributed by atoms with E-state index >= 15 is 0 Å². The third-order valence-corrected chi connectivity index (χ3v) is 6.38. The zero-order valence-corrected chi connectivity index (χ0v) is 18.4. The second kappa shape index (κ2) is 9.29. The second-order valence-electron chi connectivity index (χ2n) is 7.57. The molecule has 0 amide bonds. The van der Waals surface area contributed by atoms with Crippen molar-refractivity contribution in [1.82, 2.24) is 40.1 Å². The van der Waals surface area contributed by atoms with Crippen molar-refractivity contribution in [2.45, 2.75) is 31.5 Å². The molecular formula is C20H18F3N9OS. The van der Waals surface area contributed by atoms with Crippen molar-refractivity contribution >= 4 is 17.3 Å². The molecule has 0 saturated carbocycles. The second-order valence-corrected chi connectivity index (χ2v) is 8.46. The highest BCUT2D eigenvalue weighted by Crippen LogP contribution is 2.33. The minimum absolute atomic E-state index is 0.112. The van der Waals surface area contributed by atoms with Crippen LogP contribution in [0.25, 0.3) is 5.82 Å². The highest BCUT2D eigenvalue weighted by molar-refractivity contribution is 7.09. The molecule has 1 fully saturated rings. The summed E-state index contributed by atoms with van der Waals surface area (Å²) >= 11 is 1.56. The zero-order chi connectivity index (χ0) is 23.5. The quantitative estimate of drug-likeness (QED) is 0.403. The van der Waals surface area contributed by atoms with Crippen molar-refractivity contribution < 1.29 is 17.9 Å². The minimum atomic E-state index is -4.48. The molecule has 1 saturated heterocycles. The van der Waals surface area contributed by atoms with Gasteiger partial charge in [-0.1, -0.05) is 0 Å². The Bertz CT molecular complexity index is 1220. The fourth-order valence-corrected chi connectivity index (χ4v) is 4.55. The first kappa shape index (κ1) is 22.1. The lowest BCUT2D eigenvalue weighted by atomic mass is 9.98. The molecule has 10 nitrogen and oxygen atoms in total. The average molecular weight is 489 g/mol. The maximum Gasteiger partial charge on any atom is 0.433 e. The van der Waals surface area contributed by atoms with Crippen LogP contribution in [0, 0.1) is 0 Å². The average Bonchev–Trinajstić information content (AvgIpc) is 3.56. The summed E-state index contributed by atoms with van der Waals surface area (Å²) in [5, 5.41) is 13.9. The molecule has 0 aliphatic carbocycles. The van der Waals surface area contributed by atoms with Crippen molar-refractivity contribution in [3.05, 3.63) is 58.7 Å². The molecule has 0 N–H and O–H groups in total. The summed E-state index contributed by atoms with van der Waals surface area (Å²) in [5.41, 5.74) is -0.113. The summed E-state index contributed by atoms with van der Waals surface area (Å²) in [6.45, 7) is 1.44. The molecule has 0 radical (unpaired) electrons. The van der Waals surface area contributed by atoms with Crippen LogP contribution in [-0.4, -0.2) is 53.2 Å². The summed E-state index contributed by atoms with van der Waals surface area (Å²) in [5.74, 6) is 1.52. The van der Waals surface area contributed by atoms with E-state index in [0.29, 0.717) is 31.3 Å². The van der Waals surface area contributed by atoms with Gasteiger partial charge in [0.2, 0.25) is 5.95 Å². The van der Waals surface area contributed by atoms with Gasteiger partial charge in [-0.2, -0.15) is 17.9 Å². The summed E-state index contributed by atoms with van der Waals surface area (Å²) in [7, 11) is 0. The highest BCUT2D eigenvalue weighted by atomic mass is 32.1. The Kier molecular flexibility index (Phi) is 6.04. The van der Waals surface area contributed by atoms with E-state index in [9.17, 15) is 13.2 Å². The summed E-state index contributed by atoms with van der Waals surface area (Å²) in [6.07, 6.45) is 1.24. The molecule has 4 aromatic rings. The number of tetrazole rings is 1. The third kappa shape index (κ3) is 4.95. The van der Waals surface area contributed by atoms with Crippen LogP contribution in [0.15, 0.2) is 42.3 Å². The van der Waals surface area contributed by atoms with E-state index in [4.69, 9.17) is 9.72 Å². The lowest BCUT2D eigenvalue weighted by molar-refractivity contribution is -0.141. The van der Waals surface area contributed by atoms with E-state index in [1.165, 1.54) is 11.0 Å². The molecule has 0 bridgehead atoms. The van der Waals surface area contributed by atoms with Crippen LogP contribution >= 0.6 is 11.3 Å². The lowest BCUT2D eigenvalue weighted by Gasteiger charge is -2.31. The third-order valence-electron chi connectivity index (χ3n) is 5.32. The van der Waals surface area contributed by atoms with Gasteiger partial charge in [-0.25, -0.2) is 19.9 Å². The van der Waals surface area contributed by atoms with E-state index in [0.717, 1.165) is 35.8 Å². The van der Waals surface area contributed by atoms with Crippen LogP contribution in [-0.2, 0) is 12.8 Å². The fourth-order valence-electron chi connectivity index (χ4n) is 3.58. The number of rotatable bonds is 6. The molecule has 1 aliphatic rings. The van der Waals surface area contributed by atoms with E-state index < -0.39 is 11.9 Å². The van der Waals surface area contributed by atoms with Gasteiger partial charge in [0.1, 0.15) is 24.4 Å². The monoisotopic (exact) mass is 489 g/mol. The number of piperidine rings is 1. The van der Waals surface area contributed by atoms with Crippen molar-refractivity contribution in [3.63, 3.8) is 0 Å². The Morgan fingerprint density at radius 2 is 1.94 bits per heavy atom. The number of alkyl halides is 3. The molecule has 176 valence electrons. The van der Waals surface area contributed by atoms with Gasteiger partial charge in [0.05, 0.1) is 16.9 Å². The topological polar surface area (TPSA) is 108 Å². The number of aromatic nitrogens is 8. The molecular weight excluding hydrogens is 471 g/mol. The number of halogens is 3. The van der Waals surface area contributed by atoms with Crippen LogP contribution in [0.3, 0.4) is 0 Å². The van der Waals surface area contributed by atoms with Gasteiger partial charge in [-0.05, 0) is 41.5 Å². The molecule has 5 rings (SSSR count). The molecule has 0 atom stereocenters. The molecule has 0 unspecified atom stereocenters. The van der Waals surface area contributed by atoms with Crippen LogP contribution in [0.1, 0.15) is 35.2 Å². The predicted molar refractivity (Wildman–Crippen MR) is 115 cm³/mol. The van der Waals surface area contributed by atoms with E-state index in [-0.39, 0.29) is 11.9 Å². The molecule has 4 aromatic heterocycles. The number of thiazole rings is 1. The first-order valence-corrected chi connectivity index (χ1v) is 11.3. The largest absolute Gasteiger partial charge is 0.486 e. The lowest BCUT2D eigenvalue weighted by Crippen LogP contribution is -2.34. The molecule has 0 aromatic carbocycles. The maximum absolute atomic E-state index is 12.9. The van der Waals surface area contributed by atoms with Crippen LogP contribution < -0.4 is 9.64 Å². The number of hydrogen-bond donors (Lipinski definition) is 0. The summed E-state index contributed by atoms with van der Waals surface area (Å²) in [6, 6.07) is 4.41. The van der Waals surface area contributed by atoms with Crippen molar-refractivity contribution in [2.24, 2.45) is 0 Å². The van der Waals surface area contributed by atoms with Gasteiger partial charge in [0.15, 0.2) is 5.82 Å². The smallest absolute Gasteiger partial charge is 0.433 e. The zero-order valence-electron chi connectivity index (χ0n) is 17.6. The molecule has 1 aliphatic heterocycles. The van der Waals surface area contributed by atoms with Gasteiger partial charge in [0.25, 0.3) is 0 Å². The van der Waals surface area contributed by atoms with Crippen molar-refractivity contribution in [3.8, 4) is 11.6 Å². The Labute approximate surface area is 195 Å². The number of nitrogens with zero attached hydrogens (tertiary/aromatic N) is 9. The van der Waals surface area contributed by atoms with E-state index in [2.05, 4.69) is 30.5 Å². The van der Waals surface area contributed by atoms with Crippen molar-refractivity contribution in [1.29, 1.82) is 0 Å². The Morgan fingerprint density at radius 1 is 1.09 bits per heavy atom. The number of anilines is 1. The van der Waals surface area contributed by atoms with Gasteiger partial charge in [-0.3, -0.25) is 0 Å². The SMILES string of the molecule is FC(F)(F)c1ccnc(N2CCC(c3nc(COc4ccc(-n5cnnn5)nc4)cs3)CC2)n1. The van der Waals surface area contributed by atoms with Gasteiger partial charge in [0, 0.05) is 30.6 Å². The molecule has 0 spiro atoms. The Hall–Kier alpha value is -3.68. The summed E-state index contributed by atoms with van der Waals surface area (Å²) < 4.78 is 46.0. The van der Waals surface area contributed by atoms with Gasteiger partial charge in [-0.15, -0.1) is 16.4 Å². The Morgan fingerprint density at radius 3 is 2.65 bits per heavy atom. The van der Waals surface area contributed by atoms with Crippen LogP contribution in [0.4, 0.5) is 19.1 Å². The minimum Gasteiger partial charge on any atom is -0.486 e. The number of hydrogen-bond acceptors (Lipinski definition) is 10. The normalized spacial score (nSPS) is 15.0. The molecule has 5 heterocycles.